The van der Waals surface area contributed by atoms with Crippen LogP contribution in [0.1, 0.15) is 39.2 Å². The van der Waals surface area contributed by atoms with Crippen molar-refractivity contribution in [2.45, 2.75) is 40.2 Å². The zero-order valence-corrected chi connectivity index (χ0v) is 16.4. The van der Waals surface area contributed by atoms with E-state index in [9.17, 15) is 13.2 Å². The van der Waals surface area contributed by atoms with Crippen molar-refractivity contribution in [2.75, 3.05) is 19.5 Å². The molecule has 0 aromatic heterocycles. The molecule has 142 valence electrons. The van der Waals surface area contributed by atoms with Gasteiger partial charge in [0, 0.05) is 6.26 Å². The molecule has 1 unspecified atom stereocenters. The van der Waals surface area contributed by atoms with Crippen molar-refractivity contribution in [1.82, 2.24) is 0 Å². The number of carbonyl (C=O) groups excluding carboxylic acids is 1. The first-order valence-corrected chi connectivity index (χ1v) is 10.4. The molecule has 0 saturated carbocycles. The van der Waals surface area contributed by atoms with E-state index in [4.69, 9.17) is 9.47 Å². The number of sulfone groups is 1. The van der Waals surface area contributed by atoms with Gasteiger partial charge in [-0.05, 0) is 25.0 Å². The van der Waals surface area contributed by atoms with Crippen LogP contribution in [0.4, 0.5) is 0 Å². The van der Waals surface area contributed by atoms with E-state index in [2.05, 4.69) is 13.8 Å². The zero-order chi connectivity index (χ0) is 19.1. The third kappa shape index (κ3) is 11.5. The average Bonchev–Trinajstić information content (AvgIpc) is 2.57. The Labute approximate surface area is 152 Å². The molecular formula is C19H30O5S. The van der Waals surface area contributed by atoms with E-state index in [1.54, 1.807) is 6.08 Å². The van der Waals surface area contributed by atoms with Crippen molar-refractivity contribution >= 4 is 15.0 Å². The fraction of sp³-hybridized carbons (Fsp3) is 0.526. The molecule has 1 aromatic rings. The molecule has 0 heterocycles. The van der Waals surface area contributed by atoms with Crippen LogP contribution in [-0.4, -0.2) is 33.0 Å². The van der Waals surface area contributed by atoms with E-state index in [-0.39, 0.29) is 13.0 Å². The molecule has 25 heavy (non-hydrogen) atoms. The van der Waals surface area contributed by atoms with E-state index in [0.29, 0.717) is 13.2 Å². The lowest BCUT2D eigenvalue weighted by atomic mass is 10.1. The van der Waals surface area contributed by atoms with Gasteiger partial charge in [-0.1, -0.05) is 50.6 Å². The van der Waals surface area contributed by atoms with E-state index in [1.807, 2.05) is 37.3 Å². The van der Waals surface area contributed by atoms with E-state index >= 15 is 0 Å². The van der Waals surface area contributed by atoms with Crippen LogP contribution >= 0.6 is 0 Å². The van der Waals surface area contributed by atoms with Crippen molar-refractivity contribution < 1.29 is 22.7 Å². The Kier molecular flexibility index (Phi) is 12.7. The molecule has 0 bridgehead atoms. The largest absolute Gasteiger partial charge is 0.502 e. The van der Waals surface area contributed by atoms with Gasteiger partial charge in [0.15, 0.2) is 0 Å². The van der Waals surface area contributed by atoms with Gasteiger partial charge in [-0.15, -0.1) is 0 Å². The lowest BCUT2D eigenvalue weighted by Crippen LogP contribution is -2.26. The Morgan fingerprint density at radius 1 is 1.16 bits per heavy atom. The summed E-state index contributed by atoms with van der Waals surface area (Å²) in [6.45, 7) is 7.00. The first kappa shape index (κ1) is 23.3. The fourth-order valence-corrected chi connectivity index (χ4v) is 2.58. The Morgan fingerprint density at radius 3 is 2.28 bits per heavy atom. The minimum absolute atomic E-state index is 0.0528. The van der Waals surface area contributed by atoms with Crippen molar-refractivity contribution in [2.24, 2.45) is 5.92 Å². The molecule has 0 aliphatic heterocycles. The van der Waals surface area contributed by atoms with Crippen molar-refractivity contribution in [1.29, 1.82) is 0 Å². The van der Waals surface area contributed by atoms with Gasteiger partial charge in [-0.2, -0.15) is 0 Å². The quantitative estimate of drug-likeness (QED) is 0.619. The third-order valence-electron chi connectivity index (χ3n) is 2.91. The second-order valence-corrected chi connectivity index (χ2v) is 7.51. The van der Waals surface area contributed by atoms with E-state index < -0.39 is 20.9 Å². The molecule has 1 rings (SSSR count). The molecule has 1 aromatic carbocycles. The first-order chi connectivity index (χ1) is 11.9. The normalized spacial score (nSPS) is 12.3. The van der Waals surface area contributed by atoms with Crippen molar-refractivity contribution in [3.63, 3.8) is 0 Å². The maximum Gasteiger partial charge on any atom is 0.251 e. The van der Waals surface area contributed by atoms with Crippen molar-refractivity contribution in [3.8, 4) is 0 Å². The molecule has 1 atom stereocenters. The monoisotopic (exact) mass is 370 g/mol. The minimum atomic E-state index is -3.73. The van der Waals surface area contributed by atoms with Crippen LogP contribution in [0.3, 0.4) is 0 Å². The summed E-state index contributed by atoms with van der Waals surface area (Å²) in [5.41, 5.74) is 0.970. The van der Waals surface area contributed by atoms with Gasteiger partial charge >= 0.3 is 0 Å². The molecule has 0 amide bonds. The minimum Gasteiger partial charge on any atom is -0.502 e. The summed E-state index contributed by atoms with van der Waals surface area (Å²) in [5.74, 6) is -0.726. The van der Waals surface area contributed by atoms with Crippen molar-refractivity contribution in [3.05, 3.63) is 48.2 Å². The summed E-state index contributed by atoms with van der Waals surface area (Å²) >= 11 is 0. The number of hydrogen-bond acceptors (Lipinski definition) is 5. The average molecular weight is 371 g/mol. The molecule has 0 saturated heterocycles. The van der Waals surface area contributed by atoms with E-state index in [0.717, 1.165) is 11.8 Å². The molecule has 0 radical (unpaired) electrons. The lowest BCUT2D eigenvalue weighted by Gasteiger charge is -2.13. The number of allylic oxidation sites excluding steroid dienone is 1. The number of benzene rings is 1. The third-order valence-corrected chi connectivity index (χ3v) is 3.97. The van der Waals surface area contributed by atoms with Gasteiger partial charge in [0.2, 0.25) is 9.84 Å². The van der Waals surface area contributed by atoms with Gasteiger partial charge < -0.3 is 9.47 Å². The predicted octanol–water partition coefficient (Wildman–Crippen LogP) is 3.75. The summed E-state index contributed by atoms with van der Waals surface area (Å²) in [5, 5.41) is -0.804. The number of ether oxygens (including phenoxy) is 2. The smallest absolute Gasteiger partial charge is 0.251 e. The maximum absolute atomic E-state index is 11.9. The topological polar surface area (TPSA) is 69.7 Å². The van der Waals surface area contributed by atoms with Crippen LogP contribution in [0, 0.1) is 5.92 Å². The molecule has 6 heteroatoms. The predicted molar refractivity (Wildman–Crippen MR) is 101 cm³/mol. The lowest BCUT2D eigenvalue weighted by molar-refractivity contribution is -0.117. The fourth-order valence-electron chi connectivity index (χ4n) is 1.81. The maximum atomic E-state index is 11.9. The zero-order valence-electron chi connectivity index (χ0n) is 15.6. The second kappa shape index (κ2) is 13.6. The number of hydrogen-bond donors (Lipinski definition) is 0. The Bertz CT molecular complexity index is 594. The number of rotatable bonds is 9. The van der Waals surface area contributed by atoms with Crippen LogP contribution in [-0.2, 0) is 30.7 Å². The molecule has 0 fully saturated rings. The Hall–Kier alpha value is -1.66. The Morgan fingerprint density at radius 2 is 1.76 bits per heavy atom. The molecule has 5 nitrogen and oxygen atoms in total. The summed E-state index contributed by atoms with van der Waals surface area (Å²) in [6, 6.07) is 9.49. The van der Waals surface area contributed by atoms with Crippen LogP contribution in [0.25, 0.3) is 0 Å². The summed E-state index contributed by atoms with van der Waals surface area (Å²) < 4.78 is 33.4. The summed E-state index contributed by atoms with van der Waals surface area (Å²) in [6.07, 6.45) is 5.55. The summed E-state index contributed by atoms with van der Waals surface area (Å²) in [4.78, 5) is 11.9. The van der Waals surface area contributed by atoms with Crippen LogP contribution in [0.15, 0.2) is 42.7 Å². The Balaban J connectivity index is 0.00000178. The highest BCUT2D eigenvalue weighted by molar-refractivity contribution is 8.05. The highest BCUT2D eigenvalue weighted by atomic mass is 32.2. The van der Waals surface area contributed by atoms with E-state index in [1.165, 1.54) is 12.7 Å². The van der Waals surface area contributed by atoms with Crippen LogP contribution in [0.5, 0.6) is 0 Å². The van der Waals surface area contributed by atoms with Crippen LogP contribution in [0.2, 0.25) is 0 Å². The van der Waals surface area contributed by atoms with Gasteiger partial charge in [0.25, 0.3) is 5.12 Å². The van der Waals surface area contributed by atoms with Gasteiger partial charge in [0.1, 0.15) is 0 Å². The highest BCUT2D eigenvalue weighted by Gasteiger charge is 2.26. The highest BCUT2D eigenvalue weighted by Crippen LogP contribution is 2.12. The standard InChI is InChI=1S/C16H22O5S.C3H8/c1-3-20-11-7-10-15(16(17)22(2,18)19)13-21-12-14-8-5-4-6-9-14;1-3-2/h4-9,11,15H,3,10,12-13H2,1-2H3;3H2,1-2H3/b11-7+;. The molecule has 0 aliphatic rings. The van der Waals surface area contributed by atoms with Gasteiger partial charge in [-0.3, -0.25) is 4.79 Å². The second-order valence-electron chi connectivity index (χ2n) is 5.56. The number of carbonyl (C=O) groups is 1. The summed E-state index contributed by atoms with van der Waals surface area (Å²) in [7, 11) is -3.73. The molecule has 0 aliphatic carbocycles. The molecule has 0 spiro atoms. The molecular weight excluding hydrogens is 340 g/mol. The van der Waals surface area contributed by atoms with Crippen LogP contribution < -0.4 is 0 Å². The van der Waals surface area contributed by atoms with Gasteiger partial charge in [-0.25, -0.2) is 8.42 Å². The first-order valence-electron chi connectivity index (χ1n) is 8.48. The molecule has 0 N–H and O–H groups in total. The SMILES string of the molecule is CCC.CCO/C=C/CC(COCc1ccccc1)C(=O)S(C)(=O)=O. The van der Waals surface area contributed by atoms with Gasteiger partial charge in [0.05, 0.1) is 32.0 Å².